The average molecular weight is 130 g/mol. The molecule has 3 heteroatoms. The number of rotatable bonds is 4. The third-order valence-corrected chi connectivity index (χ3v) is 0.986. The van der Waals surface area contributed by atoms with Gasteiger partial charge >= 0.3 is 5.97 Å². The molecule has 0 aliphatic rings. The van der Waals surface area contributed by atoms with Crippen molar-refractivity contribution in [3.05, 3.63) is 0 Å². The van der Waals surface area contributed by atoms with E-state index in [4.69, 9.17) is 0 Å². The van der Waals surface area contributed by atoms with Crippen LogP contribution in [0.15, 0.2) is 0 Å². The average Bonchev–Trinajstić information content (AvgIpc) is 1.63. The van der Waals surface area contributed by atoms with Crippen LogP contribution in [0.25, 0.3) is 0 Å². The highest BCUT2D eigenvalue weighted by molar-refractivity contribution is 5.66. The molecule has 0 aliphatic carbocycles. The van der Waals surface area contributed by atoms with Gasteiger partial charge in [0.15, 0.2) is 0 Å². The Balaban J connectivity index is 3.01. The minimum absolute atomic E-state index is 0.165. The van der Waals surface area contributed by atoms with Gasteiger partial charge in [0.1, 0.15) is 0 Å². The lowest BCUT2D eigenvalue weighted by atomic mass is 10.3. The normalized spacial score (nSPS) is 10.1. The van der Waals surface area contributed by atoms with Crippen molar-refractivity contribution in [3.63, 3.8) is 0 Å². The molecule has 0 saturated heterocycles. The molecule has 0 N–H and O–H groups in total. The van der Waals surface area contributed by atoms with E-state index in [9.17, 15) is 9.90 Å². The van der Waals surface area contributed by atoms with Gasteiger partial charge in [0.2, 0.25) is 0 Å². The first-order valence-electron chi connectivity index (χ1n) is 2.97. The van der Waals surface area contributed by atoms with Gasteiger partial charge in [-0.3, -0.25) is 0 Å². The van der Waals surface area contributed by atoms with E-state index in [0.29, 0.717) is 6.42 Å². The fourth-order valence-electron chi connectivity index (χ4n) is 0.540. The van der Waals surface area contributed by atoms with Crippen LogP contribution in [0.5, 0.6) is 0 Å². The summed E-state index contributed by atoms with van der Waals surface area (Å²) in [6.07, 6.45) is 0.841. The Morgan fingerprint density at radius 2 is 2.00 bits per heavy atom. The van der Waals surface area contributed by atoms with Crippen molar-refractivity contribution in [2.75, 3.05) is 20.6 Å². The minimum Gasteiger partial charge on any atom is -0.309 e. The molecule has 0 aliphatic heterocycles. The van der Waals surface area contributed by atoms with Crippen molar-refractivity contribution in [3.8, 4) is 0 Å². The molecule has 0 amide bonds. The topological polar surface area (TPSA) is 40.2 Å². The maximum atomic E-state index is 9.85. The molecule has 0 heterocycles. The van der Waals surface area contributed by atoms with Crippen LogP contribution in [0.4, 0.5) is 0 Å². The third kappa shape index (κ3) is 7.43. The van der Waals surface area contributed by atoms with Crippen LogP contribution in [-0.4, -0.2) is 31.5 Å². The van der Waals surface area contributed by atoms with E-state index in [2.05, 4.69) is 0 Å². The molecule has 0 saturated carbocycles. The Kier molecular flexibility index (Phi) is 4.05. The van der Waals surface area contributed by atoms with E-state index in [1.807, 2.05) is 19.0 Å². The highest BCUT2D eigenvalue weighted by Gasteiger charge is 1.98. The Bertz CT molecular complexity index is 91.1. The SMILES string of the molecule is CN(C)CCCC([O])=O. The second kappa shape index (κ2) is 4.32. The van der Waals surface area contributed by atoms with Crippen LogP contribution >= 0.6 is 0 Å². The van der Waals surface area contributed by atoms with Crippen molar-refractivity contribution >= 4 is 5.97 Å². The van der Waals surface area contributed by atoms with Gasteiger partial charge in [-0.05, 0) is 27.1 Å². The molecule has 0 rings (SSSR count). The first kappa shape index (κ1) is 8.43. The summed E-state index contributed by atoms with van der Waals surface area (Å²) in [7, 11) is 3.82. The minimum atomic E-state index is -0.961. The van der Waals surface area contributed by atoms with Crippen LogP contribution in [0.2, 0.25) is 0 Å². The van der Waals surface area contributed by atoms with Crippen molar-refractivity contribution in [2.24, 2.45) is 0 Å². The Morgan fingerprint density at radius 1 is 1.44 bits per heavy atom. The standard InChI is InChI=1S/C6H12NO2/c1-7(2)5-3-4-6(8)9/h3-5H2,1-2H3. The summed E-state index contributed by atoms with van der Waals surface area (Å²) in [5.41, 5.74) is 0. The second-order valence-corrected chi connectivity index (χ2v) is 2.28. The first-order valence-corrected chi connectivity index (χ1v) is 2.97. The largest absolute Gasteiger partial charge is 0.355 e. The van der Waals surface area contributed by atoms with Crippen molar-refractivity contribution in [2.45, 2.75) is 12.8 Å². The van der Waals surface area contributed by atoms with Crippen LogP contribution in [0.1, 0.15) is 12.8 Å². The van der Waals surface area contributed by atoms with Crippen LogP contribution in [0.3, 0.4) is 0 Å². The van der Waals surface area contributed by atoms with Crippen LogP contribution < -0.4 is 0 Å². The number of nitrogens with zero attached hydrogens (tertiary/aromatic N) is 1. The number of carbonyl (C=O) groups excluding carboxylic acids is 1. The molecule has 0 aromatic carbocycles. The van der Waals surface area contributed by atoms with Gasteiger partial charge in [-0.2, -0.15) is 0 Å². The monoisotopic (exact) mass is 130 g/mol. The lowest BCUT2D eigenvalue weighted by Gasteiger charge is -2.05. The van der Waals surface area contributed by atoms with Gasteiger partial charge in [0.05, 0.1) is 6.42 Å². The van der Waals surface area contributed by atoms with Gasteiger partial charge < -0.3 is 4.90 Å². The third-order valence-electron chi connectivity index (χ3n) is 0.986. The zero-order chi connectivity index (χ0) is 7.28. The smallest absolute Gasteiger partial charge is 0.309 e. The van der Waals surface area contributed by atoms with Gasteiger partial charge in [0.25, 0.3) is 0 Å². The zero-order valence-electron chi connectivity index (χ0n) is 5.89. The van der Waals surface area contributed by atoms with E-state index in [0.717, 1.165) is 6.54 Å². The van der Waals surface area contributed by atoms with E-state index >= 15 is 0 Å². The quantitative estimate of drug-likeness (QED) is 0.548. The second-order valence-electron chi connectivity index (χ2n) is 2.28. The molecule has 3 nitrogen and oxygen atoms in total. The maximum absolute atomic E-state index is 9.85. The van der Waals surface area contributed by atoms with Gasteiger partial charge in [0, 0.05) is 0 Å². The molecule has 0 fully saturated rings. The highest BCUT2D eigenvalue weighted by Crippen LogP contribution is 1.89. The van der Waals surface area contributed by atoms with Gasteiger partial charge in [-0.15, -0.1) is 0 Å². The predicted octanol–water partition coefficient (Wildman–Crippen LogP) is 0.285. The van der Waals surface area contributed by atoms with Crippen molar-refractivity contribution in [1.29, 1.82) is 0 Å². The number of hydrogen-bond acceptors (Lipinski definition) is 2. The van der Waals surface area contributed by atoms with E-state index in [-0.39, 0.29) is 6.42 Å². The summed E-state index contributed by atoms with van der Waals surface area (Å²) in [5.74, 6) is -0.961. The van der Waals surface area contributed by atoms with Crippen molar-refractivity contribution in [1.82, 2.24) is 4.90 Å². The molecule has 0 spiro atoms. The summed E-state index contributed by atoms with van der Waals surface area (Å²) >= 11 is 0. The summed E-state index contributed by atoms with van der Waals surface area (Å²) in [6, 6.07) is 0. The van der Waals surface area contributed by atoms with Crippen LogP contribution in [0, 0.1) is 0 Å². The molecular formula is C6H12NO2. The highest BCUT2D eigenvalue weighted by atomic mass is 16.4. The zero-order valence-corrected chi connectivity index (χ0v) is 5.89. The Hall–Kier alpha value is -0.570. The predicted molar refractivity (Wildman–Crippen MR) is 33.5 cm³/mol. The molecule has 0 unspecified atom stereocenters. The van der Waals surface area contributed by atoms with Crippen LogP contribution in [-0.2, 0) is 9.90 Å². The lowest BCUT2D eigenvalue weighted by Crippen LogP contribution is -2.13. The molecule has 53 valence electrons. The fraction of sp³-hybridized carbons (Fsp3) is 0.833. The Labute approximate surface area is 55.3 Å². The summed E-state index contributed by atoms with van der Waals surface area (Å²) in [4.78, 5) is 11.8. The van der Waals surface area contributed by atoms with Crippen molar-refractivity contribution < 1.29 is 9.90 Å². The van der Waals surface area contributed by atoms with E-state index < -0.39 is 5.97 Å². The maximum Gasteiger partial charge on any atom is 0.355 e. The summed E-state index contributed by atoms with van der Waals surface area (Å²) in [5, 5.41) is 9.85. The fourth-order valence-corrected chi connectivity index (χ4v) is 0.540. The molecule has 0 atom stereocenters. The number of hydrogen-bond donors (Lipinski definition) is 0. The molecular weight excluding hydrogens is 118 g/mol. The molecule has 0 aromatic heterocycles. The lowest BCUT2D eigenvalue weighted by molar-refractivity contribution is -0.143. The van der Waals surface area contributed by atoms with Gasteiger partial charge in [-0.25, -0.2) is 9.90 Å². The van der Waals surface area contributed by atoms with Gasteiger partial charge in [-0.1, -0.05) is 0 Å². The first-order chi connectivity index (χ1) is 4.13. The molecule has 9 heavy (non-hydrogen) atoms. The summed E-state index contributed by atoms with van der Waals surface area (Å²) < 4.78 is 0. The molecule has 0 aromatic rings. The Morgan fingerprint density at radius 3 is 2.33 bits per heavy atom. The molecule has 1 radical (unpaired) electrons. The van der Waals surface area contributed by atoms with E-state index in [1.165, 1.54) is 0 Å². The molecule has 0 bridgehead atoms. The van der Waals surface area contributed by atoms with E-state index in [1.54, 1.807) is 0 Å². The summed E-state index contributed by atoms with van der Waals surface area (Å²) in [6.45, 7) is 0.813. The number of carbonyl (C=O) groups is 1.